The van der Waals surface area contributed by atoms with Crippen LogP contribution in [-0.4, -0.2) is 18.0 Å². The summed E-state index contributed by atoms with van der Waals surface area (Å²) in [4.78, 5) is 13.7. The Labute approximate surface area is 174 Å². The average molecular weight is 389 g/mol. The fourth-order valence-corrected chi connectivity index (χ4v) is 7.27. The van der Waals surface area contributed by atoms with Crippen molar-refractivity contribution < 1.29 is 4.79 Å². The summed E-state index contributed by atoms with van der Waals surface area (Å²) in [6.45, 7) is 0. The Morgan fingerprint density at radius 2 is 1.72 bits per heavy atom. The van der Waals surface area contributed by atoms with Crippen LogP contribution in [0.15, 0.2) is 42.0 Å². The van der Waals surface area contributed by atoms with Crippen LogP contribution in [0, 0.1) is 29.6 Å². The van der Waals surface area contributed by atoms with Crippen molar-refractivity contribution >= 4 is 5.91 Å². The van der Waals surface area contributed by atoms with Gasteiger partial charge in [-0.2, -0.15) is 0 Å². The molecule has 1 amide bonds. The highest BCUT2D eigenvalue weighted by Gasteiger charge is 2.62. The molecule has 0 radical (unpaired) electrons. The molecule has 2 unspecified atom stereocenters. The number of rotatable bonds is 3. The average Bonchev–Trinajstić information content (AvgIpc) is 2.72. The van der Waals surface area contributed by atoms with E-state index in [2.05, 4.69) is 41.6 Å². The van der Waals surface area contributed by atoms with E-state index in [9.17, 15) is 4.79 Å². The molecular weight excluding hydrogens is 356 g/mol. The molecule has 2 atom stereocenters. The minimum atomic E-state index is -0.243. The van der Waals surface area contributed by atoms with Gasteiger partial charge in [-0.25, -0.2) is 0 Å². The maximum atomic E-state index is 13.7. The monoisotopic (exact) mass is 388 g/mol. The van der Waals surface area contributed by atoms with Crippen LogP contribution in [0.25, 0.3) is 0 Å². The molecule has 29 heavy (non-hydrogen) atoms. The Balaban J connectivity index is 1.45. The van der Waals surface area contributed by atoms with Gasteiger partial charge in [0.25, 0.3) is 0 Å². The predicted molar refractivity (Wildman–Crippen MR) is 116 cm³/mol. The van der Waals surface area contributed by atoms with Crippen molar-refractivity contribution in [1.82, 2.24) is 5.32 Å². The zero-order valence-electron chi connectivity index (χ0n) is 17.2. The van der Waals surface area contributed by atoms with Crippen molar-refractivity contribution in [1.29, 1.82) is 0 Å². The predicted octanol–water partition coefficient (Wildman–Crippen LogP) is 4.08. The summed E-state index contributed by atoms with van der Waals surface area (Å²) in [7, 11) is 0. The van der Waals surface area contributed by atoms with Gasteiger partial charge in [0.05, 0.1) is 5.41 Å². The molecule has 4 bridgehead atoms. The number of hydrogen-bond acceptors (Lipinski definition) is 2. The third-order valence-corrected chi connectivity index (χ3v) is 8.39. The number of nitrogens with two attached hydrogens (primary N) is 1. The van der Waals surface area contributed by atoms with Gasteiger partial charge in [-0.1, -0.05) is 41.8 Å². The molecule has 1 aromatic rings. The molecule has 5 saturated carbocycles. The molecule has 0 heterocycles. The molecule has 5 aliphatic rings. The number of amides is 1. The molecule has 0 aromatic heterocycles. The van der Waals surface area contributed by atoms with Crippen molar-refractivity contribution in [2.24, 2.45) is 23.0 Å². The topological polar surface area (TPSA) is 55.1 Å². The smallest absolute Gasteiger partial charge is 0.226 e. The Hall–Kier alpha value is -2.05. The largest absolute Gasteiger partial charge is 0.353 e. The van der Waals surface area contributed by atoms with Crippen LogP contribution in [0.5, 0.6) is 0 Å². The SMILES string of the molecule is C#CC=C1C2CC3(C(=O)N[C@H]4CC[C@H](N)CC4)CC1CC(c1ccccc1)(C2)C3. The van der Waals surface area contributed by atoms with E-state index in [1.54, 1.807) is 0 Å². The van der Waals surface area contributed by atoms with Crippen LogP contribution < -0.4 is 11.1 Å². The number of hydrogen-bond donors (Lipinski definition) is 2. The standard InChI is InChI=1S/C26H32N2O/c1-2-6-23-18-13-25(20-7-4-3-5-8-20)14-19(23)16-26(15-18,17-25)24(29)28-22-11-9-21(27)10-12-22/h1,3-8,18-19,21-22H,9-17,27H2,(H,28,29)/t18?,19?,21-,22-,25?,26?. The minimum Gasteiger partial charge on any atom is -0.353 e. The molecule has 0 aliphatic heterocycles. The van der Waals surface area contributed by atoms with Gasteiger partial charge in [0.15, 0.2) is 0 Å². The first kappa shape index (κ1) is 18.9. The van der Waals surface area contributed by atoms with Crippen LogP contribution in [0.2, 0.25) is 0 Å². The Bertz CT molecular complexity index is 838. The van der Waals surface area contributed by atoms with Gasteiger partial charge in [-0.3, -0.25) is 4.79 Å². The zero-order valence-corrected chi connectivity index (χ0v) is 17.2. The number of allylic oxidation sites excluding steroid dienone is 2. The highest BCUT2D eigenvalue weighted by atomic mass is 16.2. The van der Waals surface area contributed by atoms with Crippen molar-refractivity contribution in [3.8, 4) is 12.3 Å². The van der Waals surface area contributed by atoms with Crippen molar-refractivity contribution in [2.75, 3.05) is 0 Å². The van der Waals surface area contributed by atoms with Gasteiger partial charge in [-0.05, 0) is 86.7 Å². The summed E-state index contributed by atoms with van der Waals surface area (Å²) in [5.41, 5.74) is 8.79. The third-order valence-electron chi connectivity index (χ3n) is 8.39. The van der Waals surface area contributed by atoms with Gasteiger partial charge in [0.2, 0.25) is 5.91 Å². The quantitative estimate of drug-likeness (QED) is 0.767. The molecule has 5 aliphatic carbocycles. The summed E-state index contributed by atoms with van der Waals surface area (Å²) in [6, 6.07) is 11.5. The fraction of sp³-hybridized carbons (Fsp3) is 0.577. The molecular formula is C26H32N2O. The Kier molecular flexibility index (Phi) is 4.59. The lowest BCUT2D eigenvalue weighted by Crippen LogP contribution is -2.60. The Morgan fingerprint density at radius 1 is 1.07 bits per heavy atom. The molecule has 6 rings (SSSR count). The van der Waals surface area contributed by atoms with E-state index in [1.165, 1.54) is 11.1 Å². The van der Waals surface area contributed by atoms with Gasteiger partial charge in [-0.15, -0.1) is 6.42 Å². The minimum absolute atomic E-state index is 0.116. The normalized spacial score (nSPS) is 40.3. The lowest BCUT2D eigenvalue weighted by atomic mass is 9.41. The first-order chi connectivity index (χ1) is 14.0. The van der Waals surface area contributed by atoms with Gasteiger partial charge in [0.1, 0.15) is 0 Å². The Morgan fingerprint density at radius 3 is 2.34 bits per heavy atom. The van der Waals surface area contributed by atoms with Crippen molar-refractivity contribution in [3.63, 3.8) is 0 Å². The van der Waals surface area contributed by atoms with Crippen LogP contribution in [0.4, 0.5) is 0 Å². The lowest BCUT2D eigenvalue weighted by Gasteiger charge is -2.62. The number of nitrogens with one attached hydrogen (secondary N) is 1. The molecule has 5 fully saturated rings. The molecule has 1 aromatic carbocycles. The lowest BCUT2D eigenvalue weighted by molar-refractivity contribution is -0.145. The molecule has 0 spiro atoms. The summed E-state index contributed by atoms with van der Waals surface area (Å²) in [5, 5.41) is 3.46. The second-order valence-electron chi connectivity index (χ2n) is 10.2. The third kappa shape index (κ3) is 3.13. The van der Waals surface area contributed by atoms with E-state index in [1.807, 2.05) is 6.08 Å². The number of carbonyl (C=O) groups excluding carboxylic acids is 1. The van der Waals surface area contributed by atoms with Gasteiger partial charge >= 0.3 is 0 Å². The first-order valence-electron chi connectivity index (χ1n) is 11.3. The summed E-state index contributed by atoms with van der Waals surface area (Å²) in [5.74, 6) is 3.97. The maximum absolute atomic E-state index is 13.7. The van der Waals surface area contributed by atoms with Gasteiger partial charge in [0, 0.05) is 12.1 Å². The van der Waals surface area contributed by atoms with Crippen LogP contribution in [0.1, 0.15) is 63.4 Å². The van der Waals surface area contributed by atoms with E-state index in [4.69, 9.17) is 12.2 Å². The molecule has 152 valence electrons. The van der Waals surface area contributed by atoms with Crippen LogP contribution in [-0.2, 0) is 10.2 Å². The molecule has 3 heteroatoms. The van der Waals surface area contributed by atoms with Gasteiger partial charge < -0.3 is 11.1 Å². The fourth-order valence-electron chi connectivity index (χ4n) is 7.27. The summed E-state index contributed by atoms with van der Waals surface area (Å²) < 4.78 is 0. The van der Waals surface area contributed by atoms with Crippen molar-refractivity contribution in [2.45, 2.75) is 75.3 Å². The molecule has 3 N–H and O–H groups in total. The second kappa shape index (κ2) is 7.03. The molecule has 0 saturated heterocycles. The summed E-state index contributed by atoms with van der Waals surface area (Å²) >= 11 is 0. The number of terminal acetylenes is 1. The number of benzene rings is 1. The highest BCUT2D eigenvalue weighted by Crippen LogP contribution is 2.67. The highest BCUT2D eigenvalue weighted by molar-refractivity contribution is 5.84. The van der Waals surface area contributed by atoms with Crippen LogP contribution in [0.3, 0.4) is 0 Å². The van der Waals surface area contributed by atoms with E-state index in [0.717, 1.165) is 57.8 Å². The van der Waals surface area contributed by atoms with E-state index in [-0.39, 0.29) is 10.8 Å². The molecule has 3 nitrogen and oxygen atoms in total. The maximum Gasteiger partial charge on any atom is 0.226 e. The van der Waals surface area contributed by atoms with Crippen molar-refractivity contribution in [3.05, 3.63) is 47.5 Å². The van der Waals surface area contributed by atoms with E-state index >= 15 is 0 Å². The van der Waals surface area contributed by atoms with E-state index < -0.39 is 0 Å². The second-order valence-corrected chi connectivity index (χ2v) is 10.2. The van der Waals surface area contributed by atoms with Crippen LogP contribution >= 0.6 is 0 Å². The summed E-state index contributed by atoms with van der Waals surface area (Å²) in [6.07, 6.45) is 16.9. The number of carbonyl (C=O) groups is 1. The van der Waals surface area contributed by atoms with E-state index in [0.29, 0.717) is 29.8 Å². The first-order valence-corrected chi connectivity index (χ1v) is 11.3. The zero-order chi connectivity index (χ0) is 20.1.